The Bertz CT molecular complexity index is 505. The molecule has 20 heavy (non-hydrogen) atoms. The van der Waals surface area contributed by atoms with Crippen LogP contribution in [0.2, 0.25) is 0 Å². The fraction of sp³-hybridized carbons (Fsp3) is 0.385. The average Bonchev–Trinajstić information content (AvgIpc) is 2.37. The number of carboxylic acids is 1. The maximum atomic E-state index is 13.0. The number of hydrogen-bond acceptors (Lipinski definition) is 3. The summed E-state index contributed by atoms with van der Waals surface area (Å²) in [4.78, 5) is 22.7. The van der Waals surface area contributed by atoms with Crippen LogP contribution >= 0.6 is 0 Å². The third-order valence-corrected chi connectivity index (χ3v) is 2.63. The molecule has 0 aliphatic carbocycles. The lowest BCUT2D eigenvalue weighted by Crippen LogP contribution is -2.46. The van der Waals surface area contributed by atoms with Crippen LogP contribution in [0.4, 0.5) is 14.9 Å². The van der Waals surface area contributed by atoms with Crippen molar-refractivity contribution in [2.75, 3.05) is 12.4 Å². The average molecular weight is 284 g/mol. The van der Waals surface area contributed by atoms with E-state index in [1.54, 1.807) is 13.8 Å². The van der Waals surface area contributed by atoms with Gasteiger partial charge in [0.15, 0.2) is 0 Å². The van der Waals surface area contributed by atoms with Gasteiger partial charge in [-0.3, -0.25) is 0 Å². The van der Waals surface area contributed by atoms with Crippen molar-refractivity contribution in [3.63, 3.8) is 0 Å². The molecule has 0 spiro atoms. The van der Waals surface area contributed by atoms with Gasteiger partial charge in [-0.2, -0.15) is 0 Å². The third kappa shape index (κ3) is 4.11. The summed E-state index contributed by atoms with van der Waals surface area (Å²) in [5.74, 6) is -1.75. The van der Waals surface area contributed by atoms with E-state index >= 15 is 0 Å². The molecule has 0 bridgehead atoms. The van der Waals surface area contributed by atoms with Gasteiger partial charge in [0.25, 0.3) is 0 Å². The van der Waals surface area contributed by atoms with E-state index in [9.17, 15) is 14.0 Å². The van der Waals surface area contributed by atoms with Gasteiger partial charge in [0, 0.05) is 6.07 Å². The molecule has 7 heteroatoms. The second-order valence-corrected chi connectivity index (χ2v) is 4.50. The lowest BCUT2D eigenvalue weighted by molar-refractivity contribution is -0.140. The SMILES string of the molecule is COc1cc(F)ccc1NC(=O)N[C@H](C(=O)O)C(C)C. The molecule has 0 aromatic heterocycles. The van der Waals surface area contributed by atoms with Gasteiger partial charge in [0.2, 0.25) is 0 Å². The molecule has 0 aliphatic heterocycles. The maximum Gasteiger partial charge on any atom is 0.326 e. The quantitative estimate of drug-likeness (QED) is 0.772. The summed E-state index contributed by atoms with van der Waals surface area (Å²) in [5.41, 5.74) is 0.249. The Hall–Kier alpha value is -2.31. The number of anilines is 1. The number of hydrogen-bond donors (Lipinski definition) is 3. The molecule has 0 heterocycles. The van der Waals surface area contributed by atoms with Crippen LogP contribution in [0.15, 0.2) is 18.2 Å². The molecule has 0 fully saturated rings. The highest BCUT2D eigenvalue weighted by molar-refractivity contribution is 5.93. The first-order valence-corrected chi connectivity index (χ1v) is 5.99. The summed E-state index contributed by atoms with van der Waals surface area (Å²) < 4.78 is 17.9. The minimum atomic E-state index is -1.12. The van der Waals surface area contributed by atoms with Gasteiger partial charge in [0.1, 0.15) is 17.6 Å². The number of benzene rings is 1. The van der Waals surface area contributed by atoms with E-state index in [0.29, 0.717) is 0 Å². The maximum absolute atomic E-state index is 13.0. The van der Waals surface area contributed by atoms with Crippen molar-refractivity contribution in [1.82, 2.24) is 5.32 Å². The van der Waals surface area contributed by atoms with Crippen LogP contribution in [-0.2, 0) is 4.79 Å². The van der Waals surface area contributed by atoms with E-state index in [-0.39, 0.29) is 17.4 Å². The first-order chi connectivity index (χ1) is 9.35. The summed E-state index contributed by atoms with van der Waals surface area (Å²) in [6, 6.07) is 1.90. The smallest absolute Gasteiger partial charge is 0.326 e. The summed E-state index contributed by atoms with van der Waals surface area (Å²) in [5, 5.41) is 13.7. The molecular formula is C13H17FN2O4. The highest BCUT2D eigenvalue weighted by Crippen LogP contribution is 2.24. The number of methoxy groups -OCH3 is 1. The van der Waals surface area contributed by atoms with E-state index in [1.807, 2.05) is 0 Å². The molecular weight excluding hydrogens is 267 g/mol. The molecule has 0 saturated carbocycles. The van der Waals surface area contributed by atoms with E-state index in [1.165, 1.54) is 13.2 Å². The predicted molar refractivity (Wildman–Crippen MR) is 71.4 cm³/mol. The Kier molecular flexibility index (Phi) is 5.31. The van der Waals surface area contributed by atoms with Crippen molar-refractivity contribution in [2.24, 2.45) is 5.92 Å². The number of halogens is 1. The van der Waals surface area contributed by atoms with Crippen molar-refractivity contribution in [2.45, 2.75) is 19.9 Å². The number of aliphatic carboxylic acids is 1. The molecule has 1 aromatic carbocycles. The number of ether oxygens (including phenoxy) is 1. The van der Waals surface area contributed by atoms with Gasteiger partial charge in [-0.25, -0.2) is 14.0 Å². The molecule has 110 valence electrons. The fourth-order valence-corrected chi connectivity index (χ4v) is 1.58. The standard InChI is InChI=1S/C13H17FN2O4/c1-7(2)11(12(17)18)16-13(19)15-9-5-4-8(14)6-10(9)20-3/h4-7,11H,1-3H3,(H,17,18)(H2,15,16,19)/t11-/m0/s1. The number of carboxylic acid groups (broad SMARTS) is 1. The summed E-state index contributed by atoms with van der Waals surface area (Å²) >= 11 is 0. The van der Waals surface area contributed by atoms with Crippen molar-refractivity contribution < 1.29 is 23.8 Å². The molecule has 1 rings (SSSR count). The van der Waals surface area contributed by atoms with Gasteiger partial charge in [-0.05, 0) is 18.1 Å². The Morgan fingerprint density at radius 3 is 2.50 bits per heavy atom. The summed E-state index contributed by atoms with van der Waals surface area (Å²) in [7, 11) is 1.34. The zero-order valence-electron chi connectivity index (χ0n) is 11.4. The van der Waals surface area contributed by atoms with Crippen LogP contribution in [-0.4, -0.2) is 30.3 Å². The van der Waals surface area contributed by atoms with Gasteiger partial charge in [-0.15, -0.1) is 0 Å². The number of amides is 2. The number of rotatable bonds is 5. The van der Waals surface area contributed by atoms with Crippen LogP contribution < -0.4 is 15.4 Å². The topological polar surface area (TPSA) is 87.7 Å². The molecule has 0 radical (unpaired) electrons. The van der Waals surface area contributed by atoms with Crippen molar-refractivity contribution in [1.29, 1.82) is 0 Å². The van der Waals surface area contributed by atoms with Crippen LogP contribution in [0.3, 0.4) is 0 Å². The van der Waals surface area contributed by atoms with Crippen LogP contribution in [0.1, 0.15) is 13.8 Å². The molecule has 0 unspecified atom stereocenters. The number of carbonyl (C=O) groups is 2. The second kappa shape index (κ2) is 6.74. The van der Waals surface area contributed by atoms with Crippen LogP contribution in [0.5, 0.6) is 5.75 Å². The lowest BCUT2D eigenvalue weighted by atomic mass is 10.1. The Balaban J connectivity index is 2.78. The normalized spacial score (nSPS) is 11.8. The second-order valence-electron chi connectivity index (χ2n) is 4.50. The molecule has 1 aromatic rings. The monoisotopic (exact) mass is 284 g/mol. The van der Waals surface area contributed by atoms with E-state index in [0.717, 1.165) is 12.1 Å². The number of carbonyl (C=O) groups excluding carboxylic acids is 1. The van der Waals surface area contributed by atoms with Gasteiger partial charge < -0.3 is 20.5 Å². The Morgan fingerprint density at radius 1 is 1.35 bits per heavy atom. The largest absolute Gasteiger partial charge is 0.494 e. The van der Waals surface area contributed by atoms with Crippen molar-refractivity contribution in [3.8, 4) is 5.75 Å². The van der Waals surface area contributed by atoms with Crippen molar-refractivity contribution in [3.05, 3.63) is 24.0 Å². The first-order valence-electron chi connectivity index (χ1n) is 5.99. The Labute approximate surface area is 115 Å². The number of urea groups is 1. The van der Waals surface area contributed by atoms with E-state index < -0.39 is 23.9 Å². The van der Waals surface area contributed by atoms with Gasteiger partial charge in [0.05, 0.1) is 12.8 Å². The Morgan fingerprint density at radius 2 is 2.00 bits per heavy atom. The van der Waals surface area contributed by atoms with Crippen molar-refractivity contribution >= 4 is 17.7 Å². The molecule has 6 nitrogen and oxygen atoms in total. The minimum absolute atomic E-state index is 0.150. The van der Waals surface area contributed by atoms with E-state index in [2.05, 4.69) is 10.6 Å². The molecule has 0 aliphatic rings. The molecule has 2 amide bonds. The molecule has 0 saturated heterocycles. The van der Waals surface area contributed by atoms with Gasteiger partial charge in [-0.1, -0.05) is 13.8 Å². The molecule has 1 atom stereocenters. The highest BCUT2D eigenvalue weighted by Gasteiger charge is 2.23. The first kappa shape index (κ1) is 15.7. The third-order valence-electron chi connectivity index (χ3n) is 2.63. The zero-order valence-corrected chi connectivity index (χ0v) is 11.4. The van der Waals surface area contributed by atoms with E-state index in [4.69, 9.17) is 9.84 Å². The van der Waals surface area contributed by atoms with Crippen LogP contribution in [0.25, 0.3) is 0 Å². The highest BCUT2D eigenvalue weighted by atomic mass is 19.1. The van der Waals surface area contributed by atoms with Gasteiger partial charge >= 0.3 is 12.0 Å². The lowest BCUT2D eigenvalue weighted by Gasteiger charge is -2.18. The number of nitrogens with one attached hydrogen (secondary N) is 2. The molecule has 3 N–H and O–H groups in total. The summed E-state index contributed by atoms with van der Waals surface area (Å²) in [6.45, 7) is 3.36. The summed E-state index contributed by atoms with van der Waals surface area (Å²) in [6.07, 6.45) is 0. The van der Waals surface area contributed by atoms with Crippen LogP contribution in [0, 0.1) is 11.7 Å². The minimum Gasteiger partial charge on any atom is -0.494 e. The predicted octanol–water partition coefficient (Wildman–Crippen LogP) is 2.06. The zero-order chi connectivity index (χ0) is 15.3. The fourth-order valence-electron chi connectivity index (χ4n) is 1.58.